The summed E-state index contributed by atoms with van der Waals surface area (Å²) in [7, 11) is 0. The molecule has 11 heteroatoms. The van der Waals surface area contributed by atoms with Crippen molar-refractivity contribution < 1.29 is 9.42 Å². The standard InChI is InChI=1S/C13H11BrN8O2/c1-7-10(17-21-22(7)12-11(15)19-24-20-12)13(23)18-16-6-8-3-2-4-9(14)5-8/h2-6H,1H3,(H2,15,19)(H,18,23)/b16-6-. The summed E-state index contributed by atoms with van der Waals surface area (Å²) in [5.74, 6) is -0.306. The molecule has 122 valence electrons. The van der Waals surface area contributed by atoms with E-state index in [1.165, 1.54) is 10.9 Å². The number of carbonyl (C=O) groups excluding carboxylic acids is 1. The van der Waals surface area contributed by atoms with Gasteiger partial charge in [-0.15, -0.1) is 5.10 Å². The number of amides is 1. The summed E-state index contributed by atoms with van der Waals surface area (Å²) in [5, 5.41) is 18.6. The number of hydrogen-bond donors (Lipinski definition) is 2. The lowest BCUT2D eigenvalue weighted by Gasteiger charge is -1.99. The highest BCUT2D eigenvalue weighted by Gasteiger charge is 2.20. The molecule has 10 nitrogen and oxygen atoms in total. The number of nitrogens with one attached hydrogen (secondary N) is 1. The van der Waals surface area contributed by atoms with E-state index in [2.05, 4.69) is 51.7 Å². The Morgan fingerprint density at radius 3 is 3.00 bits per heavy atom. The summed E-state index contributed by atoms with van der Waals surface area (Å²) < 4.78 is 6.68. The van der Waals surface area contributed by atoms with Gasteiger partial charge in [0.2, 0.25) is 11.6 Å². The zero-order valence-corrected chi connectivity index (χ0v) is 13.9. The van der Waals surface area contributed by atoms with Crippen LogP contribution in [0.3, 0.4) is 0 Å². The molecule has 0 fully saturated rings. The van der Waals surface area contributed by atoms with Crippen molar-refractivity contribution in [3.63, 3.8) is 0 Å². The van der Waals surface area contributed by atoms with Gasteiger partial charge in [-0.1, -0.05) is 33.3 Å². The smallest absolute Gasteiger partial charge is 0.293 e. The van der Waals surface area contributed by atoms with E-state index >= 15 is 0 Å². The fraction of sp³-hybridized carbons (Fsp3) is 0.0769. The molecule has 3 N–H and O–H groups in total. The number of nitrogens with zero attached hydrogens (tertiary/aromatic N) is 6. The van der Waals surface area contributed by atoms with Crippen LogP contribution >= 0.6 is 15.9 Å². The molecule has 3 rings (SSSR count). The second kappa shape index (κ2) is 6.58. The predicted molar refractivity (Wildman–Crippen MR) is 87.6 cm³/mol. The molecule has 0 saturated carbocycles. The number of hydrazone groups is 1. The minimum absolute atomic E-state index is 0.0441. The van der Waals surface area contributed by atoms with Crippen LogP contribution in [0, 0.1) is 6.92 Å². The van der Waals surface area contributed by atoms with Crippen LogP contribution in [0.25, 0.3) is 5.82 Å². The van der Waals surface area contributed by atoms with E-state index in [0.717, 1.165) is 10.0 Å². The van der Waals surface area contributed by atoms with Crippen molar-refractivity contribution in [1.82, 2.24) is 30.7 Å². The van der Waals surface area contributed by atoms with Crippen molar-refractivity contribution in [3.8, 4) is 5.82 Å². The van der Waals surface area contributed by atoms with Gasteiger partial charge in [-0.3, -0.25) is 4.79 Å². The highest BCUT2D eigenvalue weighted by Crippen LogP contribution is 2.14. The van der Waals surface area contributed by atoms with Crippen molar-refractivity contribution in [2.45, 2.75) is 6.92 Å². The molecular formula is C13H11BrN8O2. The van der Waals surface area contributed by atoms with Crippen molar-refractivity contribution in [1.29, 1.82) is 0 Å². The van der Waals surface area contributed by atoms with E-state index in [-0.39, 0.29) is 17.3 Å². The van der Waals surface area contributed by atoms with Crippen molar-refractivity contribution in [2.24, 2.45) is 5.10 Å². The molecule has 2 heterocycles. The van der Waals surface area contributed by atoms with Crippen LogP contribution in [0.2, 0.25) is 0 Å². The molecule has 0 aliphatic carbocycles. The third-order valence-electron chi connectivity index (χ3n) is 3.03. The zero-order chi connectivity index (χ0) is 17.1. The molecule has 0 bridgehead atoms. The van der Waals surface area contributed by atoms with Gasteiger partial charge in [-0.2, -0.15) is 9.78 Å². The highest BCUT2D eigenvalue weighted by molar-refractivity contribution is 9.10. The number of nitrogens with two attached hydrogens (primary N) is 1. The number of benzene rings is 1. The van der Waals surface area contributed by atoms with Crippen LogP contribution < -0.4 is 11.2 Å². The second-order valence-electron chi connectivity index (χ2n) is 4.66. The Hall–Kier alpha value is -3.08. The number of nitrogen functional groups attached to an aromatic ring is 1. The van der Waals surface area contributed by atoms with Gasteiger partial charge in [0.25, 0.3) is 5.91 Å². The molecule has 24 heavy (non-hydrogen) atoms. The molecule has 0 unspecified atom stereocenters. The molecule has 3 aromatic rings. The van der Waals surface area contributed by atoms with Gasteiger partial charge in [0, 0.05) is 4.47 Å². The zero-order valence-electron chi connectivity index (χ0n) is 12.3. The third kappa shape index (κ3) is 3.15. The Morgan fingerprint density at radius 2 is 2.29 bits per heavy atom. The maximum Gasteiger partial charge on any atom is 0.293 e. The van der Waals surface area contributed by atoms with Crippen LogP contribution in [0.15, 0.2) is 38.5 Å². The van der Waals surface area contributed by atoms with E-state index in [0.29, 0.717) is 5.69 Å². The molecule has 0 atom stereocenters. The summed E-state index contributed by atoms with van der Waals surface area (Å²) in [5.41, 5.74) is 9.33. The van der Waals surface area contributed by atoms with Crippen LogP contribution in [0.5, 0.6) is 0 Å². The van der Waals surface area contributed by atoms with E-state index in [1.54, 1.807) is 6.92 Å². The summed E-state index contributed by atoms with van der Waals surface area (Å²) in [6, 6.07) is 7.46. The minimum Gasteiger partial charge on any atom is -0.378 e. The fourth-order valence-electron chi connectivity index (χ4n) is 1.88. The summed E-state index contributed by atoms with van der Waals surface area (Å²) in [4.78, 5) is 12.1. The van der Waals surface area contributed by atoms with E-state index in [9.17, 15) is 4.79 Å². The first-order valence-electron chi connectivity index (χ1n) is 6.66. The molecule has 0 spiro atoms. The van der Waals surface area contributed by atoms with Gasteiger partial charge in [-0.25, -0.2) is 10.1 Å². The van der Waals surface area contributed by atoms with Crippen LogP contribution in [-0.4, -0.2) is 37.4 Å². The molecule has 1 amide bonds. The van der Waals surface area contributed by atoms with Crippen molar-refractivity contribution in [2.75, 3.05) is 5.73 Å². The monoisotopic (exact) mass is 390 g/mol. The maximum absolute atomic E-state index is 12.1. The first kappa shape index (κ1) is 15.8. The second-order valence-corrected chi connectivity index (χ2v) is 5.58. The van der Waals surface area contributed by atoms with Gasteiger partial charge in [0.1, 0.15) is 0 Å². The Morgan fingerprint density at radius 1 is 1.46 bits per heavy atom. The SMILES string of the molecule is Cc1c(C(=O)N/N=C\c2cccc(Br)c2)nnn1-c1nonc1N. The molecule has 2 aromatic heterocycles. The number of halogens is 1. The Balaban J connectivity index is 1.74. The predicted octanol–water partition coefficient (Wildman–Crippen LogP) is 1.07. The maximum atomic E-state index is 12.1. The number of aromatic nitrogens is 5. The van der Waals surface area contributed by atoms with Crippen molar-refractivity contribution >= 4 is 33.9 Å². The lowest BCUT2D eigenvalue weighted by Crippen LogP contribution is -2.19. The summed E-state index contributed by atoms with van der Waals surface area (Å²) in [6.45, 7) is 1.64. The van der Waals surface area contributed by atoms with E-state index in [1.807, 2.05) is 24.3 Å². The Labute approximate surface area is 143 Å². The minimum atomic E-state index is -0.514. The largest absolute Gasteiger partial charge is 0.378 e. The van der Waals surface area contributed by atoms with E-state index in [4.69, 9.17) is 5.73 Å². The molecule has 0 saturated heterocycles. The molecule has 0 aliphatic heterocycles. The molecule has 0 radical (unpaired) electrons. The fourth-order valence-corrected chi connectivity index (χ4v) is 2.30. The molecule has 1 aromatic carbocycles. The average Bonchev–Trinajstić information content (AvgIpc) is 3.13. The molecular weight excluding hydrogens is 380 g/mol. The number of rotatable bonds is 4. The van der Waals surface area contributed by atoms with Crippen LogP contribution in [0.4, 0.5) is 5.82 Å². The van der Waals surface area contributed by atoms with E-state index < -0.39 is 5.91 Å². The normalized spacial score (nSPS) is 11.1. The van der Waals surface area contributed by atoms with Gasteiger partial charge in [0.15, 0.2) is 5.69 Å². The lowest BCUT2D eigenvalue weighted by atomic mass is 10.2. The Bertz CT molecular complexity index is 916. The first-order chi connectivity index (χ1) is 11.6. The lowest BCUT2D eigenvalue weighted by molar-refractivity contribution is 0.0949. The van der Waals surface area contributed by atoms with Crippen LogP contribution in [0.1, 0.15) is 21.7 Å². The number of carbonyl (C=O) groups is 1. The molecule has 0 aliphatic rings. The van der Waals surface area contributed by atoms with Gasteiger partial charge < -0.3 is 5.73 Å². The van der Waals surface area contributed by atoms with Crippen LogP contribution in [-0.2, 0) is 0 Å². The first-order valence-corrected chi connectivity index (χ1v) is 7.45. The third-order valence-corrected chi connectivity index (χ3v) is 3.53. The average molecular weight is 391 g/mol. The Kier molecular flexibility index (Phi) is 4.33. The summed E-state index contributed by atoms with van der Waals surface area (Å²) >= 11 is 3.36. The van der Waals surface area contributed by atoms with Gasteiger partial charge in [0.05, 0.1) is 11.9 Å². The topological polar surface area (TPSA) is 137 Å². The highest BCUT2D eigenvalue weighted by atomic mass is 79.9. The quantitative estimate of drug-likeness (QED) is 0.501. The van der Waals surface area contributed by atoms with Gasteiger partial charge in [-0.05, 0) is 34.9 Å². The van der Waals surface area contributed by atoms with Gasteiger partial charge >= 0.3 is 0 Å². The number of anilines is 1. The summed E-state index contributed by atoms with van der Waals surface area (Å²) in [6.07, 6.45) is 1.52. The van der Waals surface area contributed by atoms with Crippen molar-refractivity contribution in [3.05, 3.63) is 45.7 Å². The number of hydrogen-bond acceptors (Lipinski definition) is 8.